The van der Waals surface area contributed by atoms with E-state index >= 15 is 0 Å². The molecule has 0 spiro atoms. The van der Waals surface area contributed by atoms with Gasteiger partial charge in [0, 0.05) is 19.1 Å². The Hall–Kier alpha value is -0.570. The molecule has 0 aromatic heterocycles. The second-order valence-electron chi connectivity index (χ2n) is 4.93. The van der Waals surface area contributed by atoms with Gasteiger partial charge >= 0.3 is 0 Å². The number of amides is 1. The van der Waals surface area contributed by atoms with Crippen LogP contribution in [0.1, 0.15) is 58.3 Å². The van der Waals surface area contributed by atoms with E-state index < -0.39 is 0 Å². The van der Waals surface area contributed by atoms with Crippen LogP contribution in [-0.2, 0) is 4.79 Å². The zero-order valence-electron chi connectivity index (χ0n) is 10.4. The molecule has 0 unspecified atom stereocenters. The summed E-state index contributed by atoms with van der Waals surface area (Å²) in [7, 11) is 0. The first kappa shape index (κ1) is 13.5. The monoisotopic (exact) mass is 227 g/mol. The summed E-state index contributed by atoms with van der Waals surface area (Å²) in [5, 5.41) is 11.7. The summed E-state index contributed by atoms with van der Waals surface area (Å²) in [6, 6.07) is 0.321. The van der Waals surface area contributed by atoms with Crippen LogP contribution >= 0.6 is 0 Å². The third-order valence-electron chi connectivity index (χ3n) is 3.56. The topological polar surface area (TPSA) is 49.3 Å². The van der Waals surface area contributed by atoms with Gasteiger partial charge in [-0.1, -0.05) is 19.3 Å². The van der Waals surface area contributed by atoms with Crippen molar-refractivity contribution in [2.75, 3.05) is 6.61 Å². The second kappa shape index (κ2) is 7.66. The number of nitrogens with one attached hydrogen (secondary N) is 1. The van der Waals surface area contributed by atoms with E-state index in [2.05, 4.69) is 12.2 Å². The van der Waals surface area contributed by atoms with Gasteiger partial charge in [0.05, 0.1) is 0 Å². The van der Waals surface area contributed by atoms with Crippen LogP contribution in [0.15, 0.2) is 0 Å². The van der Waals surface area contributed by atoms with Gasteiger partial charge in [-0.05, 0) is 38.5 Å². The molecule has 0 aliphatic heterocycles. The van der Waals surface area contributed by atoms with E-state index in [-0.39, 0.29) is 12.5 Å². The Morgan fingerprint density at radius 1 is 1.31 bits per heavy atom. The molecule has 1 fully saturated rings. The number of hydrogen-bond acceptors (Lipinski definition) is 2. The van der Waals surface area contributed by atoms with Gasteiger partial charge in [-0.3, -0.25) is 4.79 Å². The van der Waals surface area contributed by atoms with Gasteiger partial charge in [-0.2, -0.15) is 0 Å². The predicted molar refractivity (Wildman–Crippen MR) is 65.1 cm³/mol. The van der Waals surface area contributed by atoms with E-state index in [9.17, 15) is 4.79 Å². The first-order valence-corrected chi connectivity index (χ1v) is 6.64. The van der Waals surface area contributed by atoms with E-state index in [1.165, 1.54) is 32.1 Å². The lowest BCUT2D eigenvalue weighted by Crippen LogP contribution is -2.38. The maximum atomic E-state index is 11.6. The van der Waals surface area contributed by atoms with Crippen LogP contribution in [0.5, 0.6) is 0 Å². The number of carbonyl (C=O) groups is 1. The maximum absolute atomic E-state index is 11.6. The summed E-state index contributed by atoms with van der Waals surface area (Å²) in [6.07, 6.45) is 8.58. The molecule has 1 atom stereocenters. The molecule has 3 heteroatoms. The van der Waals surface area contributed by atoms with E-state index in [1.54, 1.807) is 0 Å². The Balaban J connectivity index is 2.16. The molecular formula is C13H25NO2. The Morgan fingerprint density at radius 3 is 2.62 bits per heavy atom. The minimum Gasteiger partial charge on any atom is -0.396 e. The Kier molecular flexibility index (Phi) is 6.46. The highest BCUT2D eigenvalue weighted by Crippen LogP contribution is 2.26. The summed E-state index contributed by atoms with van der Waals surface area (Å²) in [5.41, 5.74) is 0. The molecule has 94 valence electrons. The summed E-state index contributed by atoms with van der Waals surface area (Å²) >= 11 is 0. The van der Waals surface area contributed by atoms with Crippen LogP contribution in [0.2, 0.25) is 0 Å². The van der Waals surface area contributed by atoms with Crippen LogP contribution in [0.3, 0.4) is 0 Å². The van der Waals surface area contributed by atoms with Crippen molar-refractivity contribution in [3.8, 4) is 0 Å². The summed E-state index contributed by atoms with van der Waals surface area (Å²) in [5.74, 6) is 0.821. The van der Waals surface area contributed by atoms with Gasteiger partial charge in [0.15, 0.2) is 0 Å². The average molecular weight is 227 g/mol. The molecule has 16 heavy (non-hydrogen) atoms. The first-order valence-electron chi connectivity index (χ1n) is 6.64. The van der Waals surface area contributed by atoms with Crippen LogP contribution in [0, 0.1) is 5.92 Å². The SMILES string of the molecule is C[C@@H](NC(=O)CCCCO)C1CCCCC1. The fourth-order valence-corrected chi connectivity index (χ4v) is 2.48. The molecule has 0 bridgehead atoms. The number of unbranched alkanes of at least 4 members (excludes halogenated alkanes) is 1. The van der Waals surface area contributed by atoms with Gasteiger partial charge in [0.2, 0.25) is 5.91 Å². The summed E-state index contributed by atoms with van der Waals surface area (Å²) in [6.45, 7) is 2.31. The summed E-state index contributed by atoms with van der Waals surface area (Å²) in [4.78, 5) is 11.6. The van der Waals surface area contributed by atoms with Crippen LogP contribution < -0.4 is 5.32 Å². The van der Waals surface area contributed by atoms with Crippen molar-refractivity contribution in [1.29, 1.82) is 0 Å². The normalized spacial score (nSPS) is 19.4. The maximum Gasteiger partial charge on any atom is 0.220 e. The fourth-order valence-electron chi connectivity index (χ4n) is 2.48. The van der Waals surface area contributed by atoms with Gasteiger partial charge in [-0.25, -0.2) is 0 Å². The smallest absolute Gasteiger partial charge is 0.220 e. The number of hydrogen-bond donors (Lipinski definition) is 2. The zero-order valence-corrected chi connectivity index (χ0v) is 10.4. The molecule has 1 rings (SSSR count). The molecule has 1 amide bonds. The lowest BCUT2D eigenvalue weighted by Gasteiger charge is -2.28. The van der Waals surface area contributed by atoms with Crippen LogP contribution in [-0.4, -0.2) is 23.7 Å². The molecule has 0 saturated heterocycles. The van der Waals surface area contributed by atoms with Gasteiger partial charge in [0.25, 0.3) is 0 Å². The molecule has 3 nitrogen and oxygen atoms in total. The Labute approximate surface area is 98.6 Å². The van der Waals surface area contributed by atoms with Crippen molar-refractivity contribution in [3.63, 3.8) is 0 Å². The Morgan fingerprint density at radius 2 is 2.00 bits per heavy atom. The van der Waals surface area contributed by atoms with Crippen molar-refractivity contribution in [2.24, 2.45) is 5.92 Å². The van der Waals surface area contributed by atoms with E-state index in [0.29, 0.717) is 18.4 Å². The highest BCUT2D eigenvalue weighted by atomic mass is 16.2. The molecule has 2 N–H and O–H groups in total. The highest BCUT2D eigenvalue weighted by molar-refractivity contribution is 5.76. The van der Waals surface area contributed by atoms with Gasteiger partial charge in [0.1, 0.15) is 0 Å². The lowest BCUT2D eigenvalue weighted by atomic mass is 9.84. The molecular weight excluding hydrogens is 202 g/mol. The molecule has 1 aliphatic rings. The van der Waals surface area contributed by atoms with E-state index in [4.69, 9.17) is 5.11 Å². The summed E-state index contributed by atoms with van der Waals surface area (Å²) < 4.78 is 0. The van der Waals surface area contributed by atoms with Gasteiger partial charge in [-0.15, -0.1) is 0 Å². The number of carbonyl (C=O) groups excluding carboxylic acids is 1. The molecule has 0 radical (unpaired) electrons. The quantitative estimate of drug-likeness (QED) is 0.684. The van der Waals surface area contributed by atoms with Crippen molar-refractivity contribution in [1.82, 2.24) is 5.32 Å². The largest absolute Gasteiger partial charge is 0.396 e. The van der Waals surface area contributed by atoms with Crippen molar-refractivity contribution < 1.29 is 9.90 Å². The number of rotatable bonds is 6. The van der Waals surface area contributed by atoms with E-state index in [0.717, 1.165) is 12.8 Å². The minimum atomic E-state index is 0.145. The molecule has 0 aromatic rings. The third kappa shape index (κ3) is 4.97. The van der Waals surface area contributed by atoms with Crippen LogP contribution in [0.25, 0.3) is 0 Å². The average Bonchev–Trinajstić information content (AvgIpc) is 2.30. The zero-order chi connectivity index (χ0) is 11.8. The second-order valence-corrected chi connectivity index (χ2v) is 4.93. The lowest BCUT2D eigenvalue weighted by molar-refractivity contribution is -0.122. The first-order chi connectivity index (χ1) is 7.74. The number of aliphatic hydroxyl groups is 1. The molecule has 1 aliphatic carbocycles. The van der Waals surface area contributed by atoms with E-state index in [1.807, 2.05) is 0 Å². The van der Waals surface area contributed by atoms with Gasteiger partial charge < -0.3 is 10.4 Å². The highest BCUT2D eigenvalue weighted by Gasteiger charge is 2.20. The van der Waals surface area contributed by atoms with Crippen molar-refractivity contribution in [3.05, 3.63) is 0 Å². The minimum absolute atomic E-state index is 0.145. The predicted octanol–water partition coefficient (Wildman–Crippen LogP) is 2.23. The van der Waals surface area contributed by atoms with Crippen LogP contribution in [0.4, 0.5) is 0 Å². The standard InChI is InChI=1S/C13H25NO2/c1-11(12-7-3-2-4-8-12)14-13(16)9-5-6-10-15/h11-12,15H,2-10H2,1H3,(H,14,16)/t11-/m1/s1. The van der Waals surface area contributed by atoms with Crippen molar-refractivity contribution >= 4 is 5.91 Å². The number of aliphatic hydroxyl groups excluding tert-OH is 1. The molecule has 0 aromatic carbocycles. The molecule has 1 saturated carbocycles. The van der Waals surface area contributed by atoms with Crippen molar-refractivity contribution in [2.45, 2.75) is 64.3 Å². The molecule has 0 heterocycles. The third-order valence-corrected chi connectivity index (χ3v) is 3.56. The fraction of sp³-hybridized carbons (Fsp3) is 0.923. The Bertz CT molecular complexity index is 200.